The van der Waals surface area contributed by atoms with E-state index in [-0.39, 0.29) is 40.8 Å². The van der Waals surface area contributed by atoms with Gasteiger partial charge in [-0.05, 0) is 92.2 Å². The Kier molecular flexibility index (Phi) is 13.9. The summed E-state index contributed by atoms with van der Waals surface area (Å²) in [7, 11) is 1.28. The molecule has 19 nitrogen and oxygen atoms in total. The zero-order valence-corrected chi connectivity index (χ0v) is 40.4. The molecule has 0 radical (unpaired) electrons. The summed E-state index contributed by atoms with van der Waals surface area (Å²) in [6.45, 7) is 16.2. The van der Waals surface area contributed by atoms with Crippen LogP contribution in [-0.2, 0) is 40.4 Å². The number of phenolic OH excluding ortho intramolecular Hbond substituents is 2. The second kappa shape index (κ2) is 20.5. The van der Waals surface area contributed by atoms with Gasteiger partial charge in [-0.1, -0.05) is 32.0 Å². The molecule has 0 spiro atoms. The van der Waals surface area contributed by atoms with Crippen molar-refractivity contribution >= 4 is 35.2 Å². The number of aromatic hydroxyl groups is 2. The number of carbonyl (C=O) groups excluding carboxylic acids is 3. The Morgan fingerprint density at radius 1 is 0.800 bits per heavy atom. The summed E-state index contributed by atoms with van der Waals surface area (Å²) in [5.74, 6) is 0.0687. The standard InChI is InChI=1S/C51H64N12O7/c1-33(2)41-23-42(46(65)25-45(41)64)49(67)62-29-36-5-4-34(22-37(36)30-62)28-57-12-8-40(9-13-57)59-14-16-61(17-15-59)48(66)35-6-10-58(11-7-35)31-39-32-63-47(54-39)44(60-18-20-70-21-19-60)24-43(56-63)38-26-52-50(53-27-38)55-51(68)69-3/h4-5,22-27,32-33,35,40,64-65H,6-21,28-31H2,1-3H3,(H,52,53,55,68). The van der Waals surface area contributed by atoms with E-state index in [0.717, 1.165) is 126 Å². The molecule has 5 aliphatic heterocycles. The van der Waals surface area contributed by atoms with Crippen LogP contribution in [0, 0.1) is 5.92 Å². The van der Waals surface area contributed by atoms with E-state index in [1.807, 2.05) is 30.6 Å². The van der Waals surface area contributed by atoms with Gasteiger partial charge in [-0.15, -0.1) is 0 Å². The number of ether oxygens (including phenoxy) is 2. The Balaban J connectivity index is 0.676. The van der Waals surface area contributed by atoms with Gasteiger partial charge in [0.05, 0.1) is 49.2 Å². The van der Waals surface area contributed by atoms with Crippen molar-refractivity contribution in [3.05, 3.63) is 88.5 Å². The molecule has 0 atom stereocenters. The summed E-state index contributed by atoms with van der Waals surface area (Å²) in [4.78, 5) is 66.4. The monoisotopic (exact) mass is 957 g/mol. The number of piperidine rings is 2. The molecule has 0 bridgehead atoms. The van der Waals surface area contributed by atoms with E-state index in [1.165, 1.54) is 18.7 Å². The number of amides is 3. The first-order valence-electron chi connectivity index (χ1n) is 24.8. The molecule has 4 fully saturated rings. The maximum atomic E-state index is 13.9. The average Bonchev–Trinajstić information content (AvgIpc) is 4.00. The summed E-state index contributed by atoms with van der Waals surface area (Å²) in [5, 5.41) is 28.2. The lowest BCUT2D eigenvalue weighted by atomic mass is 9.94. The molecule has 70 heavy (non-hydrogen) atoms. The van der Waals surface area contributed by atoms with E-state index in [1.54, 1.807) is 23.4 Å². The fraction of sp³-hybridized carbons (Fsp3) is 0.510. The summed E-state index contributed by atoms with van der Waals surface area (Å²) in [6, 6.07) is 12.0. The number of piperazine rings is 1. The predicted molar refractivity (Wildman–Crippen MR) is 261 cm³/mol. The zero-order chi connectivity index (χ0) is 48.5. The van der Waals surface area contributed by atoms with Crippen molar-refractivity contribution in [3.63, 3.8) is 0 Å². The topological polar surface area (TPSA) is 198 Å². The van der Waals surface area contributed by atoms with Crippen molar-refractivity contribution in [2.75, 3.05) is 96.0 Å². The zero-order valence-electron chi connectivity index (χ0n) is 40.4. The maximum absolute atomic E-state index is 13.9. The number of carbonyl (C=O) groups is 3. The van der Waals surface area contributed by atoms with Crippen molar-refractivity contribution < 1.29 is 34.1 Å². The number of likely N-dealkylation sites (tertiary alicyclic amines) is 2. The lowest BCUT2D eigenvalue weighted by Gasteiger charge is -2.43. The van der Waals surface area contributed by atoms with E-state index in [4.69, 9.17) is 14.8 Å². The number of imidazole rings is 1. The van der Waals surface area contributed by atoms with Gasteiger partial charge in [0.25, 0.3) is 5.91 Å². The Morgan fingerprint density at radius 2 is 1.50 bits per heavy atom. The van der Waals surface area contributed by atoms with Crippen molar-refractivity contribution in [2.45, 2.75) is 77.7 Å². The van der Waals surface area contributed by atoms with Crippen LogP contribution in [0.15, 0.2) is 55.0 Å². The van der Waals surface area contributed by atoms with Crippen molar-refractivity contribution in [3.8, 4) is 22.8 Å². The molecule has 0 unspecified atom stereocenters. The highest BCUT2D eigenvalue weighted by Crippen LogP contribution is 2.35. The minimum atomic E-state index is -0.642. The number of nitrogens with zero attached hydrogens (tertiary/aromatic N) is 11. The second-order valence-corrected chi connectivity index (χ2v) is 19.7. The first kappa shape index (κ1) is 47.3. The van der Waals surface area contributed by atoms with Crippen LogP contribution >= 0.6 is 0 Å². The molecule has 19 heteroatoms. The van der Waals surface area contributed by atoms with Crippen LogP contribution in [0.1, 0.15) is 83.8 Å². The number of hydrogen-bond donors (Lipinski definition) is 3. The minimum Gasteiger partial charge on any atom is -0.508 e. The number of rotatable bonds is 11. The minimum absolute atomic E-state index is 0.00388. The number of methoxy groups -OCH3 is 1. The number of aromatic nitrogens is 5. The number of nitrogens with one attached hydrogen (secondary N) is 1. The van der Waals surface area contributed by atoms with Gasteiger partial charge < -0.3 is 34.4 Å². The van der Waals surface area contributed by atoms with Crippen molar-refractivity contribution in [2.24, 2.45) is 5.92 Å². The summed E-state index contributed by atoms with van der Waals surface area (Å²) in [6.07, 6.45) is 8.47. The third kappa shape index (κ3) is 10.2. The van der Waals surface area contributed by atoms with Crippen LogP contribution in [0.5, 0.6) is 11.5 Å². The van der Waals surface area contributed by atoms with Crippen LogP contribution in [-0.4, -0.2) is 169 Å². The Hall–Kier alpha value is -6.41. The van der Waals surface area contributed by atoms with Crippen molar-refractivity contribution in [1.82, 2.24) is 49.1 Å². The van der Waals surface area contributed by atoms with E-state index >= 15 is 0 Å². The van der Waals surface area contributed by atoms with Crippen LogP contribution < -0.4 is 10.2 Å². The normalized spacial score (nSPS) is 19.0. The lowest BCUT2D eigenvalue weighted by molar-refractivity contribution is -0.139. The number of anilines is 2. The van der Waals surface area contributed by atoms with Gasteiger partial charge in [-0.2, -0.15) is 5.10 Å². The predicted octanol–water partition coefficient (Wildman–Crippen LogP) is 4.91. The SMILES string of the molecule is COC(=O)Nc1ncc(-c2cc(N3CCOCC3)c3nc(CN4CCC(C(=O)N5CCN(C6CCN(Cc7ccc8c(c7)CN(C(=O)c7cc(C(C)C)c(O)cc7O)C8)CC6)CC5)CC4)cn3n2)cn1. The maximum Gasteiger partial charge on any atom is 0.413 e. The van der Waals surface area contributed by atoms with E-state index in [2.05, 4.69) is 62.7 Å². The molecule has 2 aromatic carbocycles. The highest BCUT2D eigenvalue weighted by Gasteiger charge is 2.34. The van der Waals surface area contributed by atoms with E-state index in [9.17, 15) is 24.6 Å². The van der Waals surface area contributed by atoms with Crippen LogP contribution in [0.2, 0.25) is 0 Å². The van der Waals surface area contributed by atoms with E-state index < -0.39 is 6.09 Å². The lowest BCUT2D eigenvalue weighted by Crippen LogP contribution is -2.55. The smallest absolute Gasteiger partial charge is 0.413 e. The molecule has 370 valence electrons. The molecular weight excluding hydrogens is 893 g/mol. The molecule has 10 rings (SSSR count). The summed E-state index contributed by atoms with van der Waals surface area (Å²) in [5.41, 5.74) is 8.41. The largest absolute Gasteiger partial charge is 0.508 e. The summed E-state index contributed by atoms with van der Waals surface area (Å²) < 4.78 is 12.1. The average molecular weight is 957 g/mol. The molecule has 8 heterocycles. The number of phenols is 2. The first-order valence-corrected chi connectivity index (χ1v) is 24.8. The highest BCUT2D eigenvalue weighted by molar-refractivity contribution is 5.97. The van der Waals surface area contributed by atoms with Crippen LogP contribution in [0.25, 0.3) is 16.9 Å². The Labute approximate surface area is 408 Å². The fourth-order valence-corrected chi connectivity index (χ4v) is 10.9. The Bertz CT molecular complexity index is 2700. The van der Waals surface area contributed by atoms with Crippen molar-refractivity contribution in [1.29, 1.82) is 0 Å². The highest BCUT2D eigenvalue weighted by atomic mass is 16.5. The first-order chi connectivity index (χ1) is 34.0. The van der Waals surface area contributed by atoms with Crippen LogP contribution in [0.3, 0.4) is 0 Å². The number of morpholine rings is 1. The molecule has 5 aliphatic rings. The van der Waals surface area contributed by atoms with Gasteiger partial charge in [0.1, 0.15) is 11.5 Å². The summed E-state index contributed by atoms with van der Waals surface area (Å²) >= 11 is 0. The molecular formula is C51H64N12O7. The number of benzene rings is 2. The van der Waals surface area contributed by atoms with Crippen LogP contribution in [0.4, 0.5) is 16.4 Å². The van der Waals surface area contributed by atoms with Gasteiger partial charge in [0, 0.05) is 101 Å². The quantitative estimate of drug-likeness (QED) is 0.161. The van der Waals surface area contributed by atoms with Gasteiger partial charge in [-0.25, -0.2) is 24.3 Å². The van der Waals surface area contributed by atoms with Gasteiger partial charge >= 0.3 is 6.09 Å². The second-order valence-electron chi connectivity index (χ2n) is 19.7. The van der Waals surface area contributed by atoms with Gasteiger partial charge in [0.2, 0.25) is 11.9 Å². The third-order valence-corrected chi connectivity index (χ3v) is 14.9. The molecule has 3 N–H and O–H groups in total. The molecule has 3 amide bonds. The molecule has 4 saturated heterocycles. The van der Waals surface area contributed by atoms with Gasteiger partial charge in [-0.3, -0.25) is 29.6 Å². The molecule has 0 aliphatic carbocycles. The van der Waals surface area contributed by atoms with Gasteiger partial charge in [0.15, 0.2) is 5.65 Å². The molecule has 5 aromatic rings. The Morgan fingerprint density at radius 3 is 2.21 bits per heavy atom. The number of fused-ring (bicyclic) bond motifs is 2. The third-order valence-electron chi connectivity index (χ3n) is 14.9. The molecule has 3 aromatic heterocycles. The van der Waals surface area contributed by atoms with E-state index in [0.29, 0.717) is 61.6 Å². The molecule has 0 saturated carbocycles. The number of hydrogen-bond acceptors (Lipinski definition) is 15. The fourth-order valence-electron chi connectivity index (χ4n) is 10.9.